The maximum Gasteiger partial charge on any atom is 1.00 e. The first-order valence-electron chi connectivity index (χ1n) is 6.29. The van der Waals surface area contributed by atoms with Crippen molar-refractivity contribution in [1.29, 1.82) is 0 Å². The van der Waals surface area contributed by atoms with Crippen LogP contribution in [0.3, 0.4) is 0 Å². The van der Waals surface area contributed by atoms with E-state index in [-0.39, 0.29) is 56.9 Å². The van der Waals surface area contributed by atoms with E-state index in [4.69, 9.17) is 11.6 Å². The number of carbonyl (C=O) groups is 1. The molecule has 0 aliphatic carbocycles. The predicted molar refractivity (Wildman–Crippen MR) is 79.1 cm³/mol. The third-order valence-corrected chi connectivity index (χ3v) is 3.76. The van der Waals surface area contributed by atoms with Gasteiger partial charge in [0.05, 0.1) is 17.2 Å². The number of carbonyl (C=O) groups excluding carboxylic acids is 1. The molecule has 1 aromatic carbocycles. The molecule has 0 bridgehead atoms. The van der Waals surface area contributed by atoms with Crippen molar-refractivity contribution in [3.8, 4) is 11.3 Å². The van der Waals surface area contributed by atoms with Crippen LogP contribution in [0.4, 0.5) is 0 Å². The van der Waals surface area contributed by atoms with Crippen molar-refractivity contribution in [2.45, 2.75) is 6.92 Å². The van der Waals surface area contributed by atoms with Gasteiger partial charge in [0.2, 0.25) is 0 Å². The fourth-order valence-electron chi connectivity index (χ4n) is 2.24. The van der Waals surface area contributed by atoms with Gasteiger partial charge < -0.3 is 9.90 Å². The summed E-state index contributed by atoms with van der Waals surface area (Å²) in [7, 11) is 0. The molecule has 0 fully saturated rings. The topological polar surface area (TPSA) is 65.9 Å². The standard InChI is InChI=1S/C16H11ClN2O2.K/c1-9-13(17)5-4-11-12(16(20)21)7-14(19-15(9)11)10-3-2-6-18-8-10;/h2-8H,1H3,(H,20,21);/q;+1/p-1. The second-order valence-electron chi connectivity index (χ2n) is 4.65. The third kappa shape index (κ3) is 3.25. The summed E-state index contributed by atoms with van der Waals surface area (Å²) in [5, 5.41) is 12.5. The maximum atomic E-state index is 11.4. The number of aryl methyl sites for hydroxylation is 1. The van der Waals surface area contributed by atoms with Crippen LogP contribution in [0.25, 0.3) is 22.2 Å². The molecule has 0 aliphatic heterocycles. The molecule has 2 aromatic heterocycles. The number of hydrogen-bond acceptors (Lipinski definition) is 4. The predicted octanol–water partition coefficient (Wildman–Crippen LogP) is -0.374. The number of rotatable bonds is 2. The van der Waals surface area contributed by atoms with Gasteiger partial charge in [0, 0.05) is 33.9 Å². The van der Waals surface area contributed by atoms with Crippen LogP contribution < -0.4 is 56.5 Å². The smallest absolute Gasteiger partial charge is 0.545 e. The Balaban J connectivity index is 0.00000176. The Morgan fingerprint density at radius 2 is 2.05 bits per heavy atom. The molecule has 104 valence electrons. The van der Waals surface area contributed by atoms with Gasteiger partial charge in [-0.15, -0.1) is 0 Å². The number of benzene rings is 1. The van der Waals surface area contributed by atoms with Gasteiger partial charge in [-0.3, -0.25) is 4.98 Å². The van der Waals surface area contributed by atoms with Crippen molar-refractivity contribution >= 4 is 28.5 Å². The minimum absolute atomic E-state index is 0. The van der Waals surface area contributed by atoms with Crippen molar-refractivity contribution in [1.82, 2.24) is 9.97 Å². The average molecular weight is 337 g/mol. The molecule has 3 aromatic rings. The quantitative estimate of drug-likeness (QED) is 0.599. The Labute approximate surface area is 175 Å². The molecule has 3 rings (SSSR count). The summed E-state index contributed by atoms with van der Waals surface area (Å²) in [6.45, 7) is 1.81. The summed E-state index contributed by atoms with van der Waals surface area (Å²) in [5.41, 5.74) is 2.66. The molecule has 0 atom stereocenters. The van der Waals surface area contributed by atoms with Crippen molar-refractivity contribution < 1.29 is 61.3 Å². The molecular formula is C16H10ClKN2O2. The van der Waals surface area contributed by atoms with Crippen molar-refractivity contribution in [2.24, 2.45) is 0 Å². The second kappa shape index (κ2) is 7.17. The SMILES string of the molecule is Cc1c(Cl)ccc2c(C(=O)[O-])cc(-c3cccnc3)nc12.[K+]. The molecule has 2 heterocycles. The van der Waals surface area contributed by atoms with Gasteiger partial charge in [0.15, 0.2) is 0 Å². The zero-order valence-corrected chi connectivity index (χ0v) is 16.0. The second-order valence-corrected chi connectivity index (χ2v) is 5.06. The van der Waals surface area contributed by atoms with Gasteiger partial charge in [-0.2, -0.15) is 0 Å². The number of carboxylic acid groups (broad SMARTS) is 1. The van der Waals surface area contributed by atoms with E-state index in [1.807, 2.05) is 13.0 Å². The van der Waals surface area contributed by atoms with Crippen LogP contribution >= 0.6 is 11.6 Å². The van der Waals surface area contributed by atoms with Crippen LogP contribution in [0, 0.1) is 6.92 Å². The molecule has 0 spiro atoms. The molecule has 0 saturated carbocycles. The van der Waals surface area contributed by atoms with E-state index < -0.39 is 5.97 Å². The summed E-state index contributed by atoms with van der Waals surface area (Å²) in [4.78, 5) is 20.0. The fraction of sp³-hybridized carbons (Fsp3) is 0.0625. The Bertz CT molecular complexity index is 854. The number of aromatic carboxylic acids is 1. The van der Waals surface area contributed by atoms with Crippen LogP contribution in [0.1, 0.15) is 15.9 Å². The monoisotopic (exact) mass is 336 g/mol. The van der Waals surface area contributed by atoms with Crippen molar-refractivity contribution in [2.75, 3.05) is 0 Å². The fourth-order valence-corrected chi connectivity index (χ4v) is 2.39. The van der Waals surface area contributed by atoms with Gasteiger partial charge >= 0.3 is 51.4 Å². The molecule has 6 heteroatoms. The van der Waals surface area contributed by atoms with E-state index in [0.29, 0.717) is 21.6 Å². The van der Waals surface area contributed by atoms with Gasteiger partial charge in [-0.25, -0.2) is 4.98 Å². The van der Waals surface area contributed by atoms with Crippen LogP contribution in [0.5, 0.6) is 0 Å². The van der Waals surface area contributed by atoms with E-state index in [1.54, 1.807) is 30.6 Å². The van der Waals surface area contributed by atoms with E-state index in [9.17, 15) is 9.90 Å². The van der Waals surface area contributed by atoms with Gasteiger partial charge in [0.1, 0.15) is 0 Å². The van der Waals surface area contributed by atoms with Crippen LogP contribution in [0.2, 0.25) is 5.02 Å². The summed E-state index contributed by atoms with van der Waals surface area (Å²) in [6, 6.07) is 8.40. The molecule has 0 saturated heterocycles. The van der Waals surface area contributed by atoms with E-state index >= 15 is 0 Å². The Kier molecular flexibility index (Phi) is 5.71. The van der Waals surface area contributed by atoms with E-state index in [0.717, 1.165) is 11.1 Å². The number of hydrogen-bond donors (Lipinski definition) is 0. The number of pyridine rings is 2. The summed E-state index contributed by atoms with van der Waals surface area (Å²) in [5.74, 6) is -1.24. The molecule has 0 radical (unpaired) electrons. The Morgan fingerprint density at radius 1 is 1.27 bits per heavy atom. The molecule has 0 unspecified atom stereocenters. The summed E-state index contributed by atoms with van der Waals surface area (Å²) in [6.07, 6.45) is 3.28. The Hall–Kier alpha value is -0.824. The number of carboxylic acids is 1. The molecule has 0 N–H and O–H groups in total. The number of fused-ring (bicyclic) bond motifs is 1. The average Bonchev–Trinajstić information content (AvgIpc) is 2.51. The van der Waals surface area contributed by atoms with Crippen molar-refractivity contribution in [3.05, 3.63) is 58.9 Å². The first-order valence-corrected chi connectivity index (χ1v) is 6.67. The number of halogens is 1. The first-order chi connectivity index (χ1) is 10.1. The minimum atomic E-state index is -1.24. The summed E-state index contributed by atoms with van der Waals surface area (Å²) < 4.78 is 0. The van der Waals surface area contributed by atoms with Crippen LogP contribution in [-0.4, -0.2) is 15.9 Å². The van der Waals surface area contributed by atoms with E-state index in [2.05, 4.69) is 9.97 Å². The van der Waals surface area contributed by atoms with Crippen LogP contribution in [-0.2, 0) is 0 Å². The molecule has 22 heavy (non-hydrogen) atoms. The molecule has 0 aliphatic rings. The third-order valence-electron chi connectivity index (χ3n) is 3.35. The molecule has 4 nitrogen and oxygen atoms in total. The summed E-state index contributed by atoms with van der Waals surface area (Å²) >= 11 is 6.10. The maximum absolute atomic E-state index is 11.4. The van der Waals surface area contributed by atoms with Gasteiger partial charge in [-0.1, -0.05) is 17.7 Å². The minimum Gasteiger partial charge on any atom is -0.545 e. The zero-order chi connectivity index (χ0) is 15.0. The molecule has 0 amide bonds. The largest absolute Gasteiger partial charge is 1.00 e. The number of aromatic nitrogens is 2. The normalized spacial score (nSPS) is 10.3. The van der Waals surface area contributed by atoms with Gasteiger partial charge in [-0.05, 0) is 36.8 Å². The van der Waals surface area contributed by atoms with E-state index in [1.165, 1.54) is 6.07 Å². The zero-order valence-electron chi connectivity index (χ0n) is 12.1. The van der Waals surface area contributed by atoms with Crippen molar-refractivity contribution in [3.63, 3.8) is 0 Å². The number of nitrogens with zero attached hydrogens (tertiary/aromatic N) is 2. The first kappa shape index (κ1) is 17.5. The van der Waals surface area contributed by atoms with Crippen LogP contribution in [0.15, 0.2) is 42.7 Å². The molecular weight excluding hydrogens is 327 g/mol. The van der Waals surface area contributed by atoms with Gasteiger partial charge in [0.25, 0.3) is 0 Å². The Morgan fingerprint density at radius 3 is 2.68 bits per heavy atom.